The second-order valence-corrected chi connectivity index (χ2v) is 6.45. The normalized spacial score (nSPS) is 13.2. The number of carboxylic acids is 1. The molecule has 0 aliphatic rings. The highest BCUT2D eigenvalue weighted by atomic mass is 32.2. The summed E-state index contributed by atoms with van der Waals surface area (Å²) < 4.78 is 26.9. The minimum Gasteiger partial charge on any atom is -0.478 e. The maximum atomic E-state index is 12.2. The second-order valence-electron chi connectivity index (χ2n) is 4.77. The number of nitrogens with one attached hydrogen (secondary N) is 1. The van der Waals surface area contributed by atoms with Crippen LogP contribution in [0.3, 0.4) is 0 Å². The average molecular weight is 301 g/mol. The minimum absolute atomic E-state index is 0.0363. The van der Waals surface area contributed by atoms with Crippen LogP contribution in [-0.4, -0.2) is 37.2 Å². The molecule has 3 N–H and O–H groups in total. The van der Waals surface area contributed by atoms with Crippen LogP contribution in [0.2, 0.25) is 0 Å². The first-order valence-corrected chi connectivity index (χ1v) is 7.65. The Labute approximate surface area is 118 Å². The van der Waals surface area contributed by atoms with E-state index in [0.717, 1.165) is 0 Å². The molecule has 1 aromatic carbocycles. The molecule has 7 heteroatoms. The Kier molecular flexibility index (Phi) is 5.27. The fourth-order valence-corrected chi connectivity index (χ4v) is 3.46. The van der Waals surface area contributed by atoms with Crippen LogP contribution >= 0.6 is 0 Å². The monoisotopic (exact) mass is 301 g/mol. The molecule has 20 heavy (non-hydrogen) atoms. The maximum absolute atomic E-state index is 12.2. The highest BCUT2D eigenvalue weighted by molar-refractivity contribution is 7.89. The summed E-state index contributed by atoms with van der Waals surface area (Å²) in [5.74, 6) is -1.16. The van der Waals surface area contributed by atoms with E-state index in [1.54, 1.807) is 20.8 Å². The molecule has 6 nitrogen and oxygen atoms in total. The van der Waals surface area contributed by atoms with Crippen molar-refractivity contribution in [2.75, 3.05) is 6.61 Å². The zero-order valence-electron chi connectivity index (χ0n) is 11.7. The van der Waals surface area contributed by atoms with Gasteiger partial charge in [-0.05, 0) is 44.4 Å². The predicted molar refractivity (Wildman–Crippen MR) is 74.4 cm³/mol. The molecular formula is C13H19NO5S. The third kappa shape index (κ3) is 3.78. The van der Waals surface area contributed by atoms with E-state index in [2.05, 4.69) is 4.72 Å². The van der Waals surface area contributed by atoms with Gasteiger partial charge in [-0.1, -0.05) is 6.07 Å². The summed E-state index contributed by atoms with van der Waals surface area (Å²) in [5, 5.41) is 17.9. The first-order valence-electron chi connectivity index (χ1n) is 6.16. The third-order valence-corrected chi connectivity index (χ3v) is 4.69. The summed E-state index contributed by atoms with van der Waals surface area (Å²) in [4.78, 5) is 11.0. The lowest BCUT2D eigenvalue weighted by Gasteiger charge is -2.15. The molecule has 0 aromatic heterocycles. The van der Waals surface area contributed by atoms with E-state index in [9.17, 15) is 13.2 Å². The van der Waals surface area contributed by atoms with E-state index in [0.29, 0.717) is 11.1 Å². The van der Waals surface area contributed by atoms with Crippen molar-refractivity contribution in [1.29, 1.82) is 0 Å². The van der Waals surface area contributed by atoms with Gasteiger partial charge in [0, 0.05) is 12.6 Å². The smallest absolute Gasteiger partial charge is 0.335 e. The number of carboxylic acid groups (broad SMARTS) is 1. The van der Waals surface area contributed by atoms with Crippen LogP contribution in [0.5, 0.6) is 0 Å². The lowest BCUT2D eigenvalue weighted by atomic mass is 10.1. The summed E-state index contributed by atoms with van der Waals surface area (Å²) in [6.07, 6.45) is 0.288. The molecule has 0 saturated heterocycles. The van der Waals surface area contributed by atoms with Gasteiger partial charge in [0.25, 0.3) is 0 Å². The van der Waals surface area contributed by atoms with Crippen LogP contribution in [0.4, 0.5) is 0 Å². The van der Waals surface area contributed by atoms with Gasteiger partial charge in [0.05, 0.1) is 10.5 Å². The van der Waals surface area contributed by atoms with Crippen molar-refractivity contribution in [1.82, 2.24) is 4.72 Å². The Balaban J connectivity index is 3.24. The number of hydrogen-bond donors (Lipinski definition) is 3. The topological polar surface area (TPSA) is 104 Å². The fourth-order valence-electron chi connectivity index (χ4n) is 1.93. The van der Waals surface area contributed by atoms with E-state index < -0.39 is 22.0 Å². The van der Waals surface area contributed by atoms with E-state index in [1.807, 2.05) is 0 Å². The van der Waals surface area contributed by atoms with Gasteiger partial charge in [-0.2, -0.15) is 0 Å². The molecule has 0 aliphatic heterocycles. The zero-order valence-corrected chi connectivity index (χ0v) is 12.5. The summed E-state index contributed by atoms with van der Waals surface area (Å²) in [6, 6.07) is 2.27. The van der Waals surface area contributed by atoms with Crippen molar-refractivity contribution in [2.45, 2.75) is 38.1 Å². The van der Waals surface area contributed by atoms with E-state index in [1.165, 1.54) is 12.1 Å². The quantitative estimate of drug-likeness (QED) is 0.728. The number of aryl methyl sites for hydroxylation is 2. The molecule has 0 bridgehead atoms. The van der Waals surface area contributed by atoms with Gasteiger partial charge in [-0.25, -0.2) is 17.9 Å². The largest absolute Gasteiger partial charge is 0.478 e. The van der Waals surface area contributed by atoms with Crippen LogP contribution in [0.15, 0.2) is 17.0 Å². The molecule has 1 unspecified atom stereocenters. The molecule has 0 spiro atoms. The molecule has 112 valence electrons. The van der Waals surface area contributed by atoms with Gasteiger partial charge in [-0.15, -0.1) is 0 Å². The lowest BCUT2D eigenvalue weighted by Crippen LogP contribution is -2.33. The van der Waals surface area contributed by atoms with Gasteiger partial charge < -0.3 is 10.2 Å². The van der Waals surface area contributed by atoms with Crippen LogP contribution < -0.4 is 4.72 Å². The van der Waals surface area contributed by atoms with Crippen LogP contribution in [-0.2, 0) is 10.0 Å². The van der Waals surface area contributed by atoms with Gasteiger partial charge in [0.2, 0.25) is 10.0 Å². The molecule has 1 aromatic rings. The summed E-state index contributed by atoms with van der Waals surface area (Å²) in [6.45, 7) is 4.74. The zero-order chi connectivity index (χ0) is 15.5. The summed E-state index contributed by atoms with van der Waals surface area (Å²) in [7, 11) is -3.81. The third-order valence-electron chi connectivity index (χ3n) is 2.96. The summed E-state index contributed by atoms with van der Waals surface area (Å²) in [5.41, 5.74) is 0.958. The Morgan fingerprint density at radius 3 is 2.40 bits per heavy atom. The molecule has 0 amide bonds. The van der Waals surface area contributed by atoms with Crippen molar-refractivity contribution < 1.29 is 23.4 Å². The molecule has 1 rings (SSSR count). The number of sulfonamides is 1. The number of rotatable bonds is 6. The Bertz CT molecular complexity index is 609. The van der Waals surface area contributed by atoms with Crippen molar-refractivity contribution in [3.63, 3.8) is 0 Å². The standard InChI is InChI=1S/C13H19NO5S/c1-8-6-9(2)12(7-11(8)13(16)17)20(18,19)14-10(3)4-5-15/h6-7,10,14-15H,4-5H2,1-3H3,(H,16,17). The Morgan fingerprint density at radius 1 is 1.30 bits per heavy atom. The van der Waals surface area contributed by atoms with Crippen molar-refractivity contribution in [3.8, 4) is 0 Å². The SMILES string of the molecule is Cc1cc(C)c(S(=O)(=O)NC(C)CCO)cc1C(=O)O. The number of aromatic carboxylic acids is 1. The highest BCUT2D eigenvalue weighted by Gasteiger charge is 2.22. The molecule has 0 heterocycles. The van der Waals surface area contributed by atoms with E-state index in [-0.39, 0.29) is 23.5 Å². The summed E-state index contributed by atoms with van der Waals surface area (Å²) >= 11 is 0. The molecule has 0 radical (unpaired) electrons. The molecule has 0 fully saturated rings. The van der Waals surface area contributed by atoms with Gasteiger partial charge in [0.15, 0.2) is 0 Å². The Hall–Kier alpha value is -1.44. The number of carbonyl (C=O) groups is 1. The van der Waals surface area contributed by atoms with Crippen molar-refractivity contribution in [3.05, 3.63) is 28.8 Å². The number of aliphatic hydroxyl groups is 1. The lowest BCUT2D eigenvalue weighted by molar-refractivity contribution is 0.0696. The molecule has 0 aliphatic carbocycles. The first kappa shape index (κ1) is 16.6. The first-order chi connectivity index (χ1) is 9.19. The minimum atomic E-state index is -3.81. The Morgan fingerprint density at radius 2 is 1.90 bits per heavy atom. The number of hydrogen-bond acceptors (Lipinski definition) is 4. The van der Waals surface area contributed by atoms with Gasteiger partial charge in [-0.3, -0.25) is 0 Å². The van der Waals surface area contributed by atoms with Gasteiger partial charge in [0.1, 0.15) is 0 Å². The van der Waals surface area contributed by atoms with Crippen LogP contribution in [0, 0.1) is 13.8 Å². The van der Waals surface area contributed by atoms with Crippen molar-refractivity contribution >= 4 is 16.0 Å². The van der Waals surface area contributed by atoms with Crippen molar-refractivity contribution in [2.24, 2.45) is 0 Å². The van der Waals surface area contributed by atoms with Crippen LogP contribution in [0.1, 0.15) is 34.8 Å². The maximum Gasteiger partial charge on any atom is 0.335 e. The molecule has 0 saturated carbocycles. The number of aliphatic hydroxyl groups excluding tert-OH is 1. The molecular weight excluding hydrogens is 282 g/mol. The van der Waals surface area contributed by atoms with Crippen LogP contribution in [0.25, 0.3) is 0 Å². The number of benzene rings is 1. The second kappa shape index (κ2) is 6.34. The average Bonchev–Trinajstić information content (AvgIpc) is 2.27. The predicted octanol–water partition coefficient (Wildman–Crippen LogP) is 1.05. The molecule has 1 atom stereocenters. The highest BCUT2D eigenvalue weighted by Crippen LogP contribution is 2.21. The van der Waals surface area contributed by atoms with E-state index >= 15 is 0 Å². The van der Waals surface area contributed by atoms with Gasteiger partial charge >= 0.3 is 5.97 Å². The fraction of sp³-hybridized carbons (Fsp3) is 0.462. The van der Waals surface area contributed by atoms with E-state index in [4.69, 9.17) is 10.2 Å².